The van der Waals surface area contributed by atoms with Gasteiger partial charge in [-0.05, 0) is 54.8 Å². The maximum Gasteiger partial charge on any atom is 0.337 e. The Hall–Kier alpha value is -3.41. The maximum absolute atomic E-state index is 13.3. The zero-order chi connectivity index (χ0) is 20.2. The molecule has 0 radical (unpaired) electrons. The Morgan fingerprint density at radius 1 is 1.07 bits per heavy atom. The SMILES string of the molecule is COC(=O)c1ccc(C2c3c(oc4cc(C)c(C)cc4c3=O)C(=O)N2C)cc1. The number of nitrogens with zero attached hydrogens (tertiary/aromatic N) is 1. The second-order valence-corrected chi connectivity index (χ2v) is 7.04. The Bertz CT molecular complexity index is 1190. The first-order valence-corrected chi connectivity index (χ1v) is 8.87. The van der Waals surface area contributed by atoms with Gasteiger partial charge in [-0.15, -0.1) is 0 Å². The molecule has 2 aromatic carbocycles. The van der Waals surface area contributed by atoms with Gasteiger partial charge >= 0.3 is 5.97 Å². The van der Waals surface area contributed by atoms with Crippen LogP contribution in [0.2, 0.25) is 0 Å². The molecule has 2 heterocycles. The summed E-state index contributed by atoms with van der Waals surface area (Å²) in [4.78, 5) is 39.2. The topological polar surface area (TPSA) is 76.8 Å². The molecule has 0 saturated carbocycles. The van der Waals surface area contributed by atoms with Gasteiger partial charge in [-0.3, -0.25) is 9.59 Å². The van der Waals surface area contributed by atoms with Gasteiger partial charge in [0.15, 0.2) is 5.43 Å². The number of aryl methyl sites for hydroxylation is 2. The van der Waals surface area contributed by atoms with E-state index in [1.165, 1.54) is 12.0 Å². The molecule has 6 nitrogen and oxygen atoms in total. The molecule has 1 atom stereocenters. The molecule has 4 rings (SSSR count). The van der Waals surface area contributed by atoms with E-state index in [0.717, 1.165) is 16.7 Å². The summed E-state index contributed by atoms with van der Waals surface area (Å²) in [5.41, 5.74) is 3.62. The van der Waals surface area contributed by atoms with Crippen molar-refractivity contribution in [2.24, 2.45) is 0 Å². The van der Waals surface area contributed by atoms with Crippen LogP contribution in [0, 0.1) is 13.8 Å². The molecule has 0 spiro atoms. The molecule has 1 aliphatic rings. The van der Waals surface area contributed by atoms with Crippen molar-refractivity contribution in [1.82, 2.24) is 4.90 Å². The molecule has 1 unspecified atom stereocenters. The van der Waals surface area contributed by atoms with Gasteiger partial charge < -0.3 is 14.1 Å². The first kappa shape index (κ1) is 18.0. The van der Waals surface area contributed by atoms with Crippen LogP contribution in [-0.4, -0.2) is 30.9 Å². The molecule has 0 saturated heterocycles. The summed E-state index contributed by atoms with van der Waals surface area (Å²) in [6, 6.07) is 9.70. The first-order chi connectivity index (χ1) is 13.3. The van der Waals surface area contributed by atoms with Crippen molar-refractivity contribution in [3.05, 3.63) is 80.2 Å². The van der Waals surface area contributed by atoms with Gasteiger partial charge in [-0.25, -0.2) is 4.79 Å². The molecule has 0 N–H and O–H groups in total. The molecule has 0 bridgehead atoms. The van der Waals surface area contributed by atoms with Gasteiger partial charge in [0.2, 0.25) is 5.76 Å². The fraction of sp³-hybridized carbons (Fsp3) is 0.227. The number of carbonyl (C=O) groups excluding carboxylic acids is 2. The quantitative estimate of drug-likeness (QED) is 0.640. The van der Waals surface area contributed by atoms with E-state index < -0.39 is 12.0 Å². The van der Waals surface area contributed by atoms with Gasteiger partial charge in [0, 0.05) is 7.05 Å². The number of esters is 1. The van der Waals surface area contributed by atoms with E-state index >= 15 is 0 Å². The van der Waals surface area contributed by atoms with Crippen molar-refractivity contribution in [1.29, 1.82) is 0 Å². The van der Waals surface area contributed by atoms with Crippen LogP contribution in [0.1, 0.15) is 49.2 Å². The third-order valence-electron chi connectivity index (χ3n) is 5.36. The van der Waals surface area contributed by atoms with E-state index in [1.807, 2.05) is 13.8 Å². The number of rotatable bonds is 2. The lowest BCUT2D eigenvalue weighted by Gasteiger charge is -2.20. The van der Waals surface area contributed by atoms with Crippen LogP contribution in [0.5, 0.6) is 0 Å². The Labute approximate surface area is 161 Å². The summed E-state index contributed by atoms with van der Waals surface area (Å²) >= 11 is 0. The number of ether oxygens (including phenoxy) is 1. The predicted molar refractivity (Wildman–Crippen MR) is 104 cm³/mol. The van der Waals surface area contributed by atoms with E-state index in [9.17, 15) is 14.4 Å². The van der Waals surface area contributed by atoms with Crippen molar-refractivity contribution >= 4 is 22.8 Å². The number of hydrogen-bond acceptors (Lipinski definition) is 5. The summed E-state index contributed by atoms with van der Waals surface area (Å²) in [5.74, 6) is -0.710. The molecule has 0 aliphatic carbocycles. The summed E-state index contributed by atoms with van der Waals surface area (Å²) in [5, 5.41) is 0.459. The minimum atomic E-state index is -0.573. The highest BCUT2D eigenvalue weighted by Crippen LogP contribution is 2.37. The largest absolute Gasteiger partial charge is 0.465 e. The van der Waals surface area contributed by atoms with E-state index in [1.54, 1.807) is 43.4 Å². The Morgan fingerprint density at radius 2 is 1.71 bits per heavy atom. The highest BCUT2D eigenvalue weighted by molar-refractivity contribution is 5.99. The maximum atomic E-state index is 13.3. The van der Waals surface area contributed by atoms with Crippen molar-refractivity contribution in [3.8, 4) is 0 Å². The van der Waals surface area contributed by atoms with Gasteiger partial charge in [0.25, 0.3) is 5.91 Å². The molecule has 142 valence electrons. The minimum Gasteiger partial charge on any atom is -0.465 e. The van der Waals surface area contributed by atoms with Crippen LogP contribution in [0.4, 0.5) is 0 Å². The predicted octanol–water partition coefficient (Wildman–Crippen LogP) is 3.37. The summed E-state index contributed by atoms with van der Waals surface area (Å²) < 4.78 is 10.6. The molecule has 6 heteroatoms. The molecular formula is C22H19NO5. The number of carbonyl (C=O) groups is 2. The number of hydrogen-bond donors (Lipinski definition) is 0. The molecule has 0 fully saturated rings. The second kappa shape index (κ2) is 6.34. The lowest BCUT2D eigenvalue weighted by atomic mass is 9.97. The fourth-order valence-electron chi connectivity index (χ4n) is 3.65. The lowest BCUT2D eigenvalue weighted by molar-refractivity contribution is 0.0600. The number of amides is 1. The normalized spacial score (nSPS) is 15.8. The van der Waals surface area contributed by atoms with E-state index in [2.05, 4.69) is 0 Å². The van der Waals surface area contributed by atoms with Crippen LogP contribution in [0.15, 0.2) is 45.6 Å². The fourth-order valence-corrected chi connectivity index (χ4v) is 3.65. The molecule has 1 amide bonds. The van der Waals surface area contributed by atoms with Crippen molar-refractivity contribution in [3.63, 3.8) is 0 Å². The van der Waals surface area contributed by atoms with Crippen LogP contribution < -0.4 is 5.43 Å². The van der Waals surface area contributed by atoms with E-state index in [-0.39, 0.29) is 17.1 Å². The smallest absolute Gasteiger partial charge is 0.337 e. The number of benzene rings is 2. The molecule has 28 heavy (non-hydrogen) atoms. The standard InChI is InChI=1S/C22H19NO5/c1-11-9-15-16(10-12(11)2)28-20-17(19(15)24)18(23(3)21(20)25)13-5-7-14(8-6-13)22(26)27-4/h5-10,18H,1-4H3. The first-order valence-electron chi connectivity index (χ1n) is 8.87. The molecular weight excluding hydrogens is 358 g/mol. The zero-order valence-corrected chi connectivity index (χ0v) is 16.0. The van der Waals surface area contributed by atoms with E-state index in [0.29, 0.717) is 22.1 Å². The minimum absolute atomic E-state index is 0.0743. The van der Waals surface area contributed by atoms with Crippen LogP contribution in [-0.2, 0) is 4.74 Å². The Morgan fingerprint density at radius 3 is 2.36 bits per heavy atom. The average Bonchev–Trinajstić information content (AvgIpc) is 2.94. The number of fused-ring (bicyclic) bond motifs is 2. The Balaban J connectivity index is 1.92. The summed E-state index contributed by atoms with van der Waals surface area (Å²) in [6.45, 7) is 3.86. The average molecular weight is 377 g/mol. The van der Waals surface area contributed by atoms with Crippen LogP contribution in [0.3, 0.4) is 0 Å². The highest BCUT2D eigenvalue weighted by Gasteiger charge is 2.40. The van der Waals surface area contributed by atoms with Crippen molar-refractivity contribution in [2.75, 3.05) is 14.2 Å². The lowest BCUT2D eigenvalue weighted by Crippen LogP contribution is -2.25. The third-order valence-corrected chi connectivity index (χ3v) is 5.36. The van der Waals surface area contributed by atoms with Gasteiger partial charge in [-0.1, -0.05) is 12.1 Å². The summed E-state index contributed by atoms with van der Waals surface area (Å²) in [7, 11) is 2.95. The summed E-state index contributed by atoms with van der Waals surface area (Å²) in [6.07, 6.45) is 0. The van der Waals surface area contributed by atoms with Gasteiger partial charge in [-0.2, -0.15) is 0 Å². The van der Waals surface area contributed by atoms with E-state index in [4.69, 9.17) is 9.15 Å². The monoisotopic (exact) mass is 377 g/mol. The van der Waals surface area contributed by atoms with Crippen molar-refractivity contribution < 1.29 is 18.7 Å². The zero-order valence-electron chi connectivity index (χ0n) is 16.0. The third kappa shape index (κ3) is 2.52. The Kier molecular flexibility index (Phi) is 4.07. The molecule has 3 aromatic rings. The molecule has 1 aliphatic heterocycles. The van der Waals surface area contributed by atoms with Gasteiger partial charge in [0.05, 0.1) is 29.7 Å². The van der Waals surface area contributed by atoms with Crippen LogP contribution >= 0.6 is 0 Å². The molecule has 1 aromatic heterocycles. The van der Waals surface area contributed by atoms with Crippen LogP contribution in [0.25, 0.3) is 11.0 Å². The number of methoxy groups -OCH3 is 1. The second-order valence-electron chi connectivity index (χ2n) is 7.04. The van der Waals surface area contributed by atoms with Crippen molar-refractivity contribution in [2.45, 2.75) is 19.9 Å². The highest BCUT2D eigenvalue weighted by atomic mass is 16.5. The van der Waals surface area contributed by atoms with Gasteiger partial charge in [0.1, 0.15) is 5.58 Å².